The predicted octanol–water partition coefficient (Wildman–Crippen LogP) is 1.70. The van der Waals surface area contributed by atoms with Crippen molar-refractivity contribution < 1.29 is 13.5 Å². The summed E-state index contributed by atoms with van der Waals surface area (Å²) in [5.41, 5.74) is 6.06. The van der Waals surface area contributed by atoms with Crippen LogP contribution in [0, 0.1) is 5.92 Å². The summed E-state index contributed by atoms with van der Waals surface area (Å²) in [5, 5.41) is 8.88. The normalized spacial score (nSPS) is 13.6. The van der Waals surface area contributed by atoms with Crippen molar-refractivity contribution >= 4 is 47.6 Å². The Kier molecular flexibility index (Phi) is 5.60. The maximum Gasteiger partial charge on any atom is 0.242 e. The Hall–Kier alpha value is -0.150. The van der Waals surface area contributed by atoms with Gasteiger partial charge in [0.25, 0.3) is 0 Å². The molecule has 0 fully saturated rings. The molecular formula is C10H14Br2N2O3S. The van der Waals surface area contributed by atoms with Gasteiger partial charge >= 0.3 is 0 Å². The summed E-state index contributed by atoms with van der Waals surface area (Å²) in [6.45, 7) is 1.84. The molecule has 0 aliphatic heterocycles. The van der Waals surface area contributed by atoms with Crippen LogP contribution in [0.3, 0.4) is 0 Å². The Morgan fingerprint density at radius 1 is 1.39 bits per heavy atom. The average Bonchev–Trinajstić information content (AvgIpc) is 2.24. The molecular weight excluding hydrogens is 388 g/mol. The molecule has 8 heteroatoms. The first-order chi connectivity index (χ1) is 8.27. The van der Waals surface area contributed by atoms with Crippen LogP contribution in [-0.4, -0.2) is 26.7 Å². The van der Waals surface area contributed by atoms with Crippen LogP contribution in [-0.2, 0) is 10.0 Å². The second-order valence-electron chi connectivity index (χ2n) is 3.95. The zero-order valence-corrected chi connectivity index (χ0v) is 13.6. The lowest BCUT2D eigenvalue weighted by Gasteiger charge is -2.13. The van der Waals surface area contributed by atoms with E-state index < -0.39 is 10.0 Å². The lowest BCUT2D eigenvalue weighted by Crippen LogP contribution is -2.30. The number of hydrogen-bond acceptors (Lipinski definition) is 4. The van der Waals surface area contributed by atoms with Gasteiger partial charge in [0.2, 0.25) is 10.0 Å². The molecule has 0 aliphatic carbocycles. The summed E-state index contributed by atoms with van der Waals surface area (Å²) in [6.07, 6.45) is 0. The number of rotatable bonds is 5. The van der Waals surface area contributed by atoms with Crippen molar-refractivity contribution in [3.63, 3.8) is 0 Å². The number of nitrogens with two attached hydrogens (primary N) is 1. The van der Waals surface area contributed by atoms with Crippen molar-refractivity contribution in [1.82, 2.24) is 4.72 Å². The number of aliphatic hydroxyl groups excluding tert-OH is 1. The summed E-state index contributed by atoms with van der Waals surface area (Å²) in [4.78, 5) is 0.0989. The van der Waals surface area contributed by atoms with E-state index in [0.717, 1.165) is 0 Å². The number of benzene rings is 1. The molecule has 0 radical (unpaired) electrons. The van der Waals surface area contributed by atoms with Crippen molar-refractivity contribution in [2.24, 2.45) is 5.92 Å². The lowest BCUT2D eigenvalue weighted by molar-refractivity contribution is 0.238. The summed E-state index contributed by atoms with van der Waals surface area (Å²) < 4.78 is 27.4. The fraction of sp³-hybridized carbons (Fsp3) is 0.400. The number of halogens is 2. The predicted molar refractivity (Wildman–Crippen MR) is 77.7 cm³/mol. The topological polar surface area (TPSA) is 92.4 Å². The molecule has 0 heterocycles. The van der Waals surface area contributed by atoms with Crippen LogP contribution in [0.25, 0.3) is 0 Å². The van der Waals surface area contributed by atoms with E-state index >= 15 is 0 Å². The van der Waals surface area contributed by atoms with E-state index in [4.69, 9.17) is 10.8 Å². The van der Waals surface area contributed by atoms with Crippen LogP contribution in [0.4, 0.5) is 5.69 Å². The smallest absolute Gasteiger partial charge is 0.242 e. The molecule has 0 spiro atoms. The monoisotopic (exact) mass is 400 g/mol. The van der Waals surface area contributed by atoms with Gasteiger partial charge in [-0.15, -0.1) is 0 Å². The Morgan fingerprint density at radius 2 is 1.89 bits per heavy atom. The van der Waals surface area contributed by atoms with Gasteiger partial charge in [-0.25, -0.2) is 13.1 Å². The molecule has 1 unspecified atom stereocenters. The second kappa shape index (κ2) is 6.33. The van der Waals surface area contributed by atoms with Crippen molar-refractivity contribution in [3.05, 3.63) is 21.1 Å². The molecule has 4 N–H and O–H groups in total. The van der Waals surface area contributed by atoms with Crippen LogP contribution in [0.15, 0.2) is 26.0 Å². The third-order valence-corrected chi connectivity index (χ3v) is 5.52. The van der Waals surface area contributed by atoms with E-state index in [2.05, 4.69) is 36.6 Å². The molecule has 0 aliphatic rings. The van der Waals surface area contributed by atoms with Gasteiger partial charge in [-0.1, -0.05) is 6.92 Å². The fourth-order valence-electron chi connectivity index (χ4n) is 1.22. The summed E-state index contributed by atoms with van der Waals surface area (Å²) in [6, 6.07) is 3.05. The minimum absolute atomic E-state index is 0.0768. The zero-order chi connectivity index (χ0) is 13.9. The number of nitrogens with one attached hydrogen (secondary N) is 1. The van der Waals surface area contributed by atoms with E-state index in [1.165, 1.54) is 12.1 Å². The SMILES string of the molecule is CC(CO)CNS(=O)(=O)c1c(Br)cc(N)cc1Br. The fourth-order valence-corrected chi connectivity index (χ4v) is 5.00. The highest BCUT2D eigenvalue weighted by molar-refractivity contribution is 9.11. The quantitative estimate of drug-likeness (QED) is 0.654. The van der Waals surface area contributed by atoms with Crippen LogP contribution >= 0.6 is 31.9 Å². The Balaban J connectivity index is 3.06. The van der Waals surface area contributed by atoms with Gasteiger partial charge in [-0.2, -0.15) is 0 Å². The Morgan fingerprint density at radius 3 is 2.33 bits per heavy atom. The molecule has 0 saturated heterocycles. The number of hydrogen-bond donors (Lipinski definition) is 3. The molecule has 1 aromatic rings. The van der Waals surface area contributed by atoms with Gasteiger partial charge in [0, 0.05) is 27.8 Å². The van der Waals surface area contributed by atoms with Crippen molar-refractivity contribution in [2.75, 3.05) is 18.9 Å². The van der Waals surface area contributed by atoms with E-state index in [1.807, 2.05) is 0 Å². The van der Waals surface area contributed by atoms with Gasteiger partial charge in [0.1, 0.15) is 4.90 Å². The van der Waals surface area contributed by atoms with Gasteiger partial charge < -0.3 is 10.8 Å². The third-order valence-electron chi connectivity index (χ3n) is 2.22. The first-order valence-electron chi connectivity index (χ1n) is 5.13. The minimum Gasteiger partial charge on any atom is -0.399 e. The van der Waals surface area contributed by atoms with Crippen LogP contribution in [0.5, 0.6) is 0 Å². The summed E-state index contributed by atoms with van der Waals surface area (Å²) in [5.74, 6) is -0.147. The zero-order valence-electron chi connectivity index (χ0n) is 9.65. The van der Waals surface area contributed by atoms with Crippen molar-refractivity contribution in [2.45, 2.75) is 11.8 Å². The highest BCUT2D eigenvalue weighted by Crippen LogP contribution is 2.32. The Labute approximate surface area is 123 Å². The van der Waals surface area contributed by atoms with Gasteiger partial charge in [0.05, 0.1) is 0 Å². The molecule has 0 saturated carbocycles. The standard InChI is InChI=1S/C10H14Br2N2O3S/c1-6(5-15)4-14-18(16,17)10-8(11)2-7(13)3-9(10)12/h2-3,6,14-15H,4-5,13H2,1H3. The largest absolute Gasteiger partial charge is 0.399 e. The summed E-state index contributed by atoms with van der Waals surface area (Å²) >= 11 is 6.36. The van der Waals surface area contributed by atoms with Crippen LogP contribution in [0.2, 0.25) is 0 Å². The van der Waals surface area contributed by atoms with E-state index in [1.54, 1.807) is 6.92 Å². The van der Waals surface area contributed by atoms with Crippen LogP contribution < -0.4 is 10.5 Å². The van der Waals surface area contributed by atoms with Gasteiger partial charge in [-0.05, 0) is 49.9 Å². The first-order valence-corrected chi connectivity index (χ1v) is 8.20. The second-order valence-corrected chi connectivity index (χ2v) is 7.37. The number of nitrogen functional groups attached to an aromatic ring is 1. The highest BCUT2D eigenvalue weighted by atomic mass is 79.9. The Bertz CT molecular complexity index is 511. The third kappa shape index (κ3) is 3.92. The van der Waals surface area contributed by atoms with Crippen LogP contribution in [0.1, 0.15) is 6.92 Å². The highest BCUT2D eigenvalue weighted by Gasteiger charge is 2.22. The number of anilines is 1. The molecule has 0 amide bonds. The number of aliphatic hydroxyl groups is 1. The molecule has 102 valence electrons. The summed E-state index contributed by atoms with van der Waals surface area (Å²) in [7, 11) is -3.65. The van der Waals surface area contributed by atoms with E-state index in [9.17, 15) is 8.42 Å². The first kappa shape index (κ1) is 15.9. The van der Waals surface area contributed by atoms with Gasteiger partial charge in [-0.3, -0.25) is 0 Å². The molecule has 0 aromatic heterocycles. The maximum atomic E-state index is 12.1. The average molecular weight is 402 g/mol. The maximum absolute atomic E-state index is 12.1. The molecule has 1 atom stereocenters. The molecule has 0 bridgehead atoms. The molecule has 1 aromatic carbocycles. The van der Waals surface area contributed by atoms with Crippen molar-refractivity contribution in [3.8, 4) is 0 Å². The van der Waals surface area contributed by atoms with Crippen molar-refractivity contribution in [1.29, 1.82) is 0 Å². The van der Waals surface area contributed by atoms with E-state index in [-0.39, 0.29) is 24.0 Å². The molecule has 1 rings (SSSR count). The molecule has 18 heavy (non-hydrogen) atoms. The number of sulfonamides is 1. The minimum atomic E-state index is -3.65. The van der Waals surface area contributed by atoms with E-state index in [0.29, 0.717) is 14.6 Å². The van der Waals surface area contributed by atoms with Gasteiger partial charge in [0.15, 0.2) is 0 Å². The molecule has 5 nitrogen and oxygen atoms in total. The lowest BCUT2D eigenvalue weighted by atomic mass is 10.2.